The van der Waals surface area contributed by atoms with Crippen LogP contribution in [0.3, 0.4) is 0 Å². The van der Waals surface area contributed by atoms with E-state index in [0.29, 0.717) is 0 Å². The number of nitrogens with zero attached hydrogens (tertiary/aromatic N) is 2. The lowest BCUT2D eigenvalue weighted by atomic mass is 10.3. The van der Waals surface area contributed by atoms with Gasteiger partial charge in [0, 0.05) is 24.8 Å². The number of hydrogen-bond donors (Lipinski definition) is 3. The molecule has 0 aromatic carbocycles. The highest BCUT2D eigenvalue weighted by atomic mass is 16.4. The van der Waals surface area contributed by atoms with Gasteiger partial charge in [-0.15, -0.1) is 0 Å². The van der Waals surface area contributed by atoms with Gasteiger partial charge in [-0.25, -0.2) is 4.79 Å². The number of aromatic nitrogens is 2. The monoisotopic (exact) mass is 214 g/mol. The quantitative estimate of drug-likeness (QED) is 0.613. The second kappa shape index (κ2) is 7.39. The first-order valence-electron chi connectivity index (χ1n) is 3.86. The largest absolute Gasteiger partial charge is 0.481 e. The maximum atomic E-state index is 9.72. The third kappa shape index (κ3) is 8.31. The van der Waals surface area contributed by atoms with Crippen molar-refractivity contribution < 1.29 is 24.9 Å². The minimum Gasteiger partial charge on any atom is -0.481 e. The molecule has 0 amide bonds. The van der Waals surface area contributed by atoms with E-state index in [-0.39, 0.29) is 0 Å². The molecule has 0 saturated carbocycles. The second-order valence-corrected chi connectivity index (χ2v) is 2.35. The van der Waals surface area contributed by atoms with Crippen molar-refractivity contribution in [3.8, 4) is 0 Å². The lowest BCUT2D eigenvalue weighted by Crippen LogP contribution is -2.22. The van der Waals surface area contributed by atoms with Crippen molar-refractivity contribution in [2.75, 3.05) is 0 Å². The van der Waals surface area contributed by atoms with Crippen LogP contribution in [-0.2, 0) is 9.59 Å². The van der Waals surface area contributed by atoms with E-state index in [0.717, 1.165) is 0 Å². The molecule has 15 heavy (non-hydrogen) atoms. The van der Waals surface area contributed by atoms with Crippen molar-refractivity contribution in [1.82, 2.24) is 9.97 Å². The van der Waals surface area contributed by atoms with Crippen LogP contribution in [0.1, 0.15) is 6.42 Å². The van der Waals surface area contributed by atoms with Gasteiger partial charge in [0.05, 0.1) is 6.42 Å². The van der Waals surface area contributed by atoms with Crippen LogP contribution in [0.2, 0.25) is 0 Å². The molecule has 0 fully saturated rings. The van der Waals surface area contributed by atoms with E-state index in [2.05, 4.69) is 9.97 Å². The van der Waals surface area contributed by atoms with Crippen LogP contribution in [0.5, 0.6) is 0 Å². The maximum Gasteiger partial charge on any atom is 0.333 e. The molecule has 0 spiro atoms. The summed E-state index contributed by atoms with van der Waals surface area (Å²) in [4.78, 5) is 26.9. The molecule has 0 aliphatic carbocycles. The topological polar surface area (TPSA) is 121 Å². The van der Waals surface area contributed by atoms with E-state index in [1.54, 1.807) is 24.8 Å². The lowest BCUT2D eigenvalue weighted by Gasteiger charge is -1.97. The van der Waals surface area contributed by atoms with Crippen LogP contribution in [0.4, 0.5) is 0 Å². The Morgan fingerprint density at radius 1 is 1.07 bits per heavy atom. The van der Waals surface area contributed by atoms with Gasteiger partial charge in [-0.2, -0.15) is 0 Å². The zero-order chi connectivity index (χ0) is 11.7. The van der Waals surface area contributed by atoms with Gasteiger partial charge < -0.3 is 15.3 Å². The fraction of sp³-hybridized carbons (Fsp3) is 0.250. The highest BCUT2D eigenvalue weighted by Gasteiger charge is 2.16. The van der Waals surface area contributed by atoms with Crippen LogP contribution < -0.4 is 0 Å². The van der Waals surface area contributed by atoms with Crippen molar-refractivity contribution in [1.29, 1.82) is 0 Å². The van der Waals surface area contributed by atoms with E-state index < -0.39 is 24.5 Å². The molecule has 3 N–H and O–H groups in total. The van der Waals surface area contributed by atoms with Crippen molar-refractivity contribution in [2.45, 2.75) is 12.5 Å². The second-order valence-electron chi connectivity index (χ2n) is 2.35. The fourth-order valence-corrected chi connectivity index (χ4v) is 0.506. The summed E-state index contributed by atoms with van der Waals surface area (Å²) in [7, 11) is 0. The molecule has 0 bridgehead atoms. The summed E-state index contributed by atoms with van der Waals surface area (Å²) in [5.41, 5.74) is 0. The number of carbonyl (C=O) groups is 2. The lowest BCUT2D eigenvalue weighted by molar-refractivity contribution is -0.152. The Morgan fingerprint density at radius 2 is 1.47 bits per heavy atom. The zero-order valence-corrected chi connectivity index (χ0v) is 7.65. The summed E-state index contributed by atoms with van der Waals surface area (Å²) in [5, 5.41) is 24.1. The van der Waals surface area contributed by atoms with E-state index in [4.69, 9.17) is 15.3 Å². The summed E-state index contributed by atoms with van der Waals surface area (Å²) in [5.74, 6) is -2.85. The minimum absolute atomic E-state index is 0.755. The summed E-state index contributed by atoms with van der Waals surface area (Å²) in [6.07, 6.45) is 4.01. The minimum atomic E-state index is -1.79. The Labute approximate surface area is 85.0 Å². The first kappa shape index (κ1) is 13.0. The summed E-state index contributed by atoms with van der Waals surface area (Å²) in [6, 6.07) is 0. The summed E-state index contributed by atoms with van der Waals surface area (Å²) in [6.45, 7) is 0. The summed E-state index contributed by atoms with van der Waals surface area (Å²) < 4.78 is 0. The Bertz CT molecular complexity index is 276. The standard InChI is InChI=1S/C4H4N2.C4H6O5/c1-2-6-4-3-5-1;5-2(4(8)9)1-3(6)7/h1-4H;2,5H,1H2,(H,6,7)(H,8,9). The Balaban J connectivity index is 0.000000280. The molecule has 82 valence electrons. The molecule has 0 radical (unpaired) electrons. The number of carboxylic acids is 2. The molecule has 7 heteroatoms. The predicted octanol–water partition coefficient (Wildman–Crippen LogP) is -0.617. The van der Waals surface area contributed by atoms with Gasteiger partial charge in [-0.3, -0.25) is 14.8 Å². The van der Waals surface area contributed by atoms with E-state index in [9.17, 15) is 9.59 Å². The van der Waals surface area contributed by atoms with Gasteiger partial charge in [0.15, 0.2) is 6.10 Å². The molecule has 1 aromatic heterocycles. The number of hydrogen-bond acceptors (Lipinski definition) is 5. The average molecular weight is 214 g/mol. The van der Waals surface area contributed by atoms with Gasteiger partial charge in [0.25, 0.3) is 0 Å². The van der Waals surface area contributed by atoms with Crippen LogP contribution in [-0.4, -0.2) is 43.3 Å². The Hall–Kier alpha value is -2.02. The van der Waals surface area contributed by atoms with Crippen molar-refractivity contribution in [3.63, 3.8) is 0 Å². The third-order valence-electron chi connectivity index (χ3n) is 1.13. The van der Waals surface area contributed by atoms with E-state index in [1.165, 1.54) is 0 Å². The highest BCUT2D eigenvalue weighted by Crippen LogP contribution is 1.89. The third-order valence-corrected chi connectivity index (χ3v) is 1.13. The van der Waals surface area contributed by atoms with Gasteiger partial charge >= 0.3 is 11.9 Å². The molecule has 1 atom stereocenters. The van der Waals surface area contributed by atoms with Gasteiger partial charge in [0.1, 0.15) is 0 Å². The maximum absolute atomic E-state index is 9.72. The van der Waals surface area contributed by atoms with Crippen molar-refractivity contribution >= 4 is 11.9 Å². The van der Waals surface area contributed by atoms with Crippen LogP contribution in [0.15, 0.2) is 24.8 Å². The van der Waals surface area contributed by atoms with E-state index >= 15 is 0 Å². The summed E-state index contributed by atoms with van der Waals surface area (Å²) >= 11 is 0. The highest BCUT2D eigenvalue weighted by molar-refractivity contribution is 5.79. The van der Waals surface area contributed by atoms with Gasteiger partial charge in [0.2, 0.25) is 0 Å². The zero-order valence-electron chi connectivity index (χ0n) is 7.65. The van der Waals surface area contributed by atoms with Gasteiger partial charge in [-0.05, 0) is 0 Å². The molecule has 1 aromatic rings. The molecule has 7 nitrogen and oxygen atoms in total. The van der Waals surface area contributed by atoms with Gasteiger partial charge in [-0.1, -0.05) is 0 Å². The molecule has 0 aliphatic rings. The van der Waals surface area contributed by atoms with E-state index in [1.807, 2.05) is 0 Å². The van der Waals surface area contributed by atoms with Crippen molar-refractivity contribution in [2.24, 2.45) is 0 Å². The molecule has 1 rings (SSSR count). The van der Waals surface area contributed by atoms with Crippen LogP contribution in [0, 0.1) is 0 Å². The molecular formula is C8H10N2O5. The smallest absolute Gasteiger partial charge is 0.333 e. The average Bonchev–Trinajstić information content (AvgIpc) is 2.20. The molecule has 1 unspecified atom stereocenters. The normalized spacial score (nSPS) is 10.7. The molecule has 0 saturated heterocycles. The molecule has 0 aliphatic heterocycles. The molecule has 1 heterocycles. The van der Waals surface area contributed by atoms with Crippen LogP contribution >= 0.6 is 0 Å². The Kier molecular flexibility index (Phi) is 6.39. The number of aliphatic carboxylic acids is 2. The SMILES string of the molecule is O=C(O)CC(O)C(=O)O.c1cnccn1. The molecular weight excluding hydrogens is 204 g/mol. The predicted molar refractivity (Wildman–Crippen MR) is 47.9 cm³/mol. The van der Waals surface area contributed by atoms with Crippen LogP contribution in [0.25, 0.3) is 0 Å². The van der Waals surface area contributed by atoms with Crippen molar-refractivity contribution in [3.05, 3.63) is 24.8 Å². The Morgan fingerprint density at radius 3 is 1.60 bits per heavy atom. The fourth-order valence-electron chi connectivity index (χ4n) is 0.506. The number of aliphatic hydroxyl groups is 1. The number of rotatable bonds is 3. The number of carboxylic acid groups (broad SMARTS) is 2. The number of aliphatic hydroxyl groups excluding tert-OH is 1. The first-order valence-corrected chi connectivity index (χ1v) is 3.86. The first-order chi connectivity index (χ1) is 7.04.